The van der Waals surface area contributed by atoms with Gasteiger partial charge in [-0.3, -0.25) is 9.05 Å². The van der Waals surface area contributed by atoms with Crippen molar-refractivity contribution in [3.05, 3.63) is 35.9 Å². The van der Waals surface area contributed by atoms with Crippen LogP contribution in [0, 0.1) is 11.8 Å². The van der Waals surface area contributed by atoms with Crippen LogP contribution < -0.4 is 0 Å². The van der Waals surface area contributed by atoms with Crippen LogP contribution in [0.2, 0.25) is 0 Å². The lowest BCUT2D eigenvalue weighted by Crippen LogP contribution is -2.27. The molecule has 0 bridgehead atoms. The molecule has 0 aliphatic heterocycles. The molecule has 0 unspecified atom stereocenters. The Hall–Kier alpha value is -0.850. The van der Waals surface area contributed by atoms with Crippen LogP contribution in [-0.2, 0) is 24.6 Å². The zero-order valence-electron chi connectivity index (χ0n) is 12.3. The van der Waals surface area contributed by atoms with Gasteiger partial charge in [0, 0.05) is 14.2 Å². The number of benzene rings is 1. The smallest absolute Gasteiger partial charge is 0.392 e. The highest BCUT2D eigenvalue weighted by Crippen LogP contribution is 2.60. The van der Waals surface area contributed by atoms with Crippen LogP contribution in [0.15, 0.2) is 30.3 Å². The minimum absolute atomic E-state index is 0.0917. The van der Waals surface area contributed by atoms with Crippen molar-refractivity contribution in [1.29, 1.82) is 0 Å². The fraction of sp³-hybridized carbons (Fsp3) is 0.571. The summed E-state index contributed by atoms with van der Waals surface area (Å²) in [4.78, 5) is 0. The third-order valence-electron chi connectivity index (χ3n) is 3.73. The van der Waals surface area contributed by atoms with Gasteiger partial charge in [0.05, 0.1) is 12.0 Å². The number of alkyl halides is 2. The number of rotatable bonds is 8. The molecule has 0 heterocycles. The average molecular weight is 336 g/mol. The van der Waals surface area contributed by atoms with Gasteiger partial charge in [-0.05, 0) is 24.3 Å². The minimum Gasteiger partial charge on any atom is -0.392 e. The van der Waals surface area contributed by atoms with Crippen LogP contribution >= 0.6 is 7.82 Å². The summed E-state index contributed by atoms with van der Waals surface area (Å²) < 4.78 is 52.5. The summed E-state index contributed by atoms with van der Waals surface area (Å²) in [6, 6.07) is 9.11. The fourth-order valence-electron chi connectivity index (χ4n) is 2.40. The summed E-state index contributed by atoms with van der Waals surface area (Å²) in [6.45, 7) is 0. The molecule has 1 fully saturated rings. The molecule has 2 rings (SSSR count). The quantitative estimate of drug-likeness (QED) is 0.739. The Bertz CT molecular complexity index is 531. The van der Waals surface area contributed by atoms with Crippen molar-refractivity contribution < 1.29 is 32.0 Å². The summed E-state index contributed by atoms with van der Waals surface area (Å²) in [5, 5.41) is 10.1. The van der Waals surface area contributed by atoms with Crippen LogP contribution in [0.5, 0.6) is 0 Å². The van der Waals surface area contributed by atoms with Gasteiger partial charge in [0.1, 0.15) is 0 Å². The molecule has 3 atom stereocenters. The third kappa shape index (κ3) is 4.12. The highest BCUT2D eigenvalue weighted by atomic mass is 31.2. The molecule has 1 aliphatic rings. The summed E-state index contributed by atoms with van der Waals surface area (Å²) in [6.07, 6.45) is -4.21. The molecular weight excluding hydrogens is 317 g/mol. The molecule has 0 radical (unpaired) electrons. The second kappa shape index (κ2) is 6.72. The lowest BCUT2D eigenvalue weighted by molar-refractivity contribution is -0.209. The van der Waals surface area contributed by atoms with Crippen LogP contribution in [0.4, 0.5) is 8.78 Å². The van der Waals surface area contributed by atoms with Gasteiger partial charge in [-0.25, -0.2) is 9.09 Å². The maximum atomic E-state index is 14.0. The lowest BCUT2D eigenvalue weighted by Gasteiger charge is -2.22. The molecule has 1 aromatic carbocycles. The second-order valence-corrected chi connectivity index (χ2v) is 7.04. The van der Waals surface area contributed by atoms with Crippen molar-refractivity contribution in [1.82, 2.24) is 0 Å². The number of hydrogen-bond donors (Lipinski definition) is 1. The van der Waals surface area contributed by atoms with Gasteiger partial charge < -0.3 is 5.11 Å². The Morgan fingerprint density at radius 3 is 2.45 bits per heavy atom. The summed E-state index contributed by atoms with van der Waals surface area (Å²) in [5.41, 5.74) is 0.865. The monoisotopic (exact) mass is 336 g/mol. The van der Waals surface area contributed by atoms with Gasteiger partial charge in [-0.2, -0.15) is 8.78 Å². The second-order valence-electron chi connectivity index (χ2n) is 5.23. The molecule has 1 saturated carbocycles. The largest absolute Gasteiger partial charge is 0.479 e. The molecule has 124 valence electrons. The SMILES string of the molecule is COP(=O)(OC)OC(F)(F)[C@@H]1C[C@H]1[C@H](O)Cc1ccccc1. The van der Waals surface area contributed by atoms with Gasteiger partial charge in [0.15, 0.2) is 0 Å². The standard InChI is InChI=1S/C14H19F2O5P/c1-19-22(18,20-2)21-14(15,16)12-9-11(12)13(17)8-10-6-4-3-5-7-10/h3-7,11-13,17H,8-9H2,1-2H3/t11-,12-,13-/m1/s1. The number of hydrogen-bond acceptors (Lipinski definition) is 5. The molecule has 1 aromatic rings. The van der Waals surface area contributed by atoms with Gasteiger partial charge >= 0.3 is 13.9 Å². The van der Waals surface area contributed by atoms with Crippen molar-refractivity contribution in [3.63, 3.8) is 0 Å². The molecule has 1 aliphatic carbocycles. The van der Waals surface area contributed by atoms with E-state index in [0.717, 1.165) is 19.8 Å². The van der Waals surface area contributed by atoms with E-state index in [-0.39, 0.29) is 12.8 Å². The Labute approximate surface area is 127 Å². The zero-order chi connectivity index (χ0) is 16.4. The number of aliphatic hydroxyl groups excluding tert-OH is 1. The van der Waals surface area contributed by atoms with Crippen molar-refractivity contribution in [2.75, 3.05) is 14.2 Å². The first kappa shape index (κ1) is 17.5. The predicted molar refractivity (Wildman–Crippen MR) is 75.4 cm³/mol. The van der Waals surface area contributed by atoms with Gasteiger partial charge in [-0.1, -0.05) is 30.3 Å². The van der Waals surface area contributed by atoms with E-state index in [0.29, 0.717) is 0 Å². The van der Waals surface area contributed by atoms with E-state index in [1.807, 2.05) is 30.3 Å². The molecule has 1 N–H and O–H groups in total. The Morgan fingerprint density at radius 2 is 1.91 bits per heavy atom. The summed E-state index contributed by atoms with van der Waals surface area (Å²) >= 11 is 0. The molecule has 22 heavy (non-hydrogen) atoms. The van der Waals surface area contributed by atoms with Crippen LogP contribution in [0.3, 0.4) is 0 Å². The number of phosphoric ester groups is 1. The average Bonchev–Trinajstić information content (AvgIpc) is 3.29. The fourth-order valence-corrected chi connectivity index (χ4v) is 3.13. The van der Waals surface area contributed by atoms with Crippen LogP contribution in [0.25, 0.3) is 0 Å². The molecule has 0 amide bonds. The van der Waals surface area contributed by atoms with E-state index in [1.165, 1.54) is 0 Å². The van der Waals surface area contributed by atoms with Crippen molar-refractivity contribution in [2.24, 2.45) is 11.8 Å². The van der Waals surface area contributed by atoms with Crippen LogP contribution in [0.1, 0.15) is 12.0 Å². The first-order valence-corrected chi connectivity index (χ1v) is 8.29. The highest BCUT2D eigenvalue weighted by molar-refractivity contribution is 7.48. The van der Waals surface area contributed by atoms with Crippen LogP contribution in [-0.4, -0.2) is 31.5 Å². The zero-order valence-corrected chi connectivity index (χ0v) is 13.2. The topological polar surface area (TPSA) is 65.0 Å². The number of aliphatic hydroxyl groups is 1. The predicted octanol–water partition coefficient (Wildman–Crippen LogP) is 3.24. The van der Waals surface area contributed by atoms with E-state index < -0.39 is 31.9 Å². The molecule has 5 nitrogen and oxygen atoms in total. The molecule has 0 aromatic heterocycles. The Morgan fingerprint density at radius 1 is 1.32 bits per heavy atom. The van der Waals surface area contributed by atoms with E-state index in [4.69, 9.17) is 0 Å². The van der Waals surface area contributed by atoms with Crippen molar-refractivity contribution >= 4 is 7.82 Å². The first-order valence-electron chi connectivity index (χ1n) is 6.83. The molecule has 0 spiro atoms. The van der Waals surface area contributed by atoms with E-state index >= 15 is 0 Å². The van der Waals surface area contributed by atoms with Gasteiger partial charge in [0.25, 0.3) is 0 Å². The van der Waals surface area contributed by atoms with Crippen molar-refractivity contribution in [3.8, 4) is 0 Å². The highest BCUT2D eigenvalue weighted by Gasteiger charge is 2.61. The third-order valence-corrected chi connectivity index (χ3v) is 5.10. The van der Waals surface area contributed by atoms with E-state index in [2.05, 4.69) is 13.6 Å². The molecule has 8 heteroatoms. The maximum Gasteiger partial charge on any atom is 0.479 e. The molecule has 0 saturated heterocycles. The molecular formula is C14H19F2O5P. The maximum absolute atomic E-state index is 14.0. The Balaban J connectivity index is 1.94. The van der Waals surface area contributed by atoms with E-state index in [1.54, 1.807) is 0 Å². The number of halogens is 2. The van der Waals surface area contributed by atoms with E-state index in [9.17, 15) is 18.5 Å². The normalized spacial score (nSPS) is 23.3. The minimum atomic E-state index is -4.27. The lowest BCUT2D eigenvalue weighted by atomic mass is 10.0. The summed E-state index contributed by atoms with van der Waals surface area (Å²) in [5.74, 6) is -1.82. The first-order chi connectivity index (χ1) is 10.3. The number of phosphoric acid groups is 1. The Kier molecular flexibility index (Phi) is 5.35. The summed E-state index contributed by atoms with van der Waals surface area (Å²) in [7, 11) is -2.34. The van der Waals surface area contributed by atoms with Gasteiger partial charge in [-0.15, -0.1) is 0 Å². The van der Waals surface area contributed by atoms with Gasteiger partial charge in [0.2, 0.25) is 0 Å². The van der Waals surface area contributed by atoms with Crippen molar-refractivity contribution in [2.45, 2.75) is 25.1 Å².